The van der Waals surface area contributed by atoms with Gasteiger partial charge in [0.15, 0.2) is 0 Å². The van der Waals surface area contributed by atoms with Crippen LogP contribution in [-0.2, 0) is 11.3 Å². The Morgan fingerprint density at radius 3 is 2.62 bits per heavy atom. The Kier molecular flexibility index (Phi) is 4.25. The van der Waals surface area contributed by atoms with E-state index in [1.54, 1.807) is 0 Å². The average molecular weight is 347 g/mol. The summed E-state index contributed by atoms with van der Waals surface area (Å²) in [5, 5.41) is 0. The van der Waals surface area contributed by atoms with E-state index in [4.69, 9.17) is 9.47 Å². The fraction of sp³-hybridized carbons (Fsp3) is 0.227. The number of aromatic nitrogens is 1. The fourth-order valence-electron chi connectivity index (χ4n) is 3.50. The maximum atomic E-state index is 12.6. The predicted octanol–water partition coefficient (Wildman–Crippen LogP) is 4.83. The third-order valence-electron chi connectivity index (χ3n) is 4.68. The number of hydrogen-bond acceptors (Lipinski definition) is 3. The summed E-state index contributed by atoms with van der Waals surface area (Å²) < 4.78 is 13.4. The molecule has 0 aliphatic carbocycles. The summed E-state index contributed by atoms with van der Waals surface area (Å²) in [6.07, 6.45) is -0.120. The number of nitrogens with zero attached hydrogens (tertiary/aromatic N) is 1. The number of rotatable bonds is 4. The Bertz CT molecular complexity index is 943. The minimum absolute atomic E-state index is 0.120. The summed E-state index contributed by atoms with van der Waals surface area (Å²) in [5.41, 5.74) is 4.75. The number of benzene rings is 2. The van der Waals surface area contributed by atoms with Crippen molar-refractivity contribution in [3.63, 3.8) is 0 Å². The molecule has 0 bridgehead atoms. The quantitative estimate of drug-likeness (QED) is 0.635. The summed E-state index contributed by atoms with van der Waals surface area (Å²) in [4.78, 5) is 12.6. The van der Waals surface area contributed by atoms with E-state index in [2.05, 4.69) is 16.7 Å². The third kappa shape index (κ3) is 2.77. The van der Waals surface area contributed by atoms with Crippen LogP contribution in [0.25, 0.3) is 11.3 Å². The lowest BCUT2D eigenvalue weighted by Gasteiger charge is -2.25. The SMILES string of the molecule is CCOC(=O)c1cc2c(n1Cc1ccccc1)-c1ccccc1OC2C. The first-order valence-corrected chi connectivity index (χ1v) is 8.89. The molecule has 0 fully saturated rings. The van der Waals surface area contributed by atoms with Crippen molar-refractivity contribution in [2.45, 2.75) is 26.5 Å². The first-order valence-electron chi connectivity index (χ1n) is 8.89. The lowest BCUT2D eigenvalue weighted by atomic mass is 10.0. The van der Waals surface area contributed by atoms with Crippen LogP contribution in [-0.4, -0.2) is 17.1 Å². The van der Waals surface area contributed by atoms with Crippen molar-refractivity contribution in [3.8, 4) is 17.0 Å². The summed E-state index contributed by atoms with van der Waals surface area (Å²) >= 11 is 0. The second-order valence-electron chi connectivity index (χ2n) is 6.38. The van der Waals surface area contributed by atoms with Gasteiger partial charge in [0.25, 0.3) is 0 Å². The molecule has 0 saturated heterocycles. The second kappa shape index (κ2) is 6.71. The first-order chi connectivity index (χ1) is 12.7. The van der Waals surface area contributed by atoms with Gasteiger partial charge in [-0.1, -0.05) is 42.5 Å². The van der Waals surface area contributed by atoms with Crippen molar-refractivity contribution in [3.05, 3.63) is 77.5 Å². The molecule has 1 unspecified atom stereocenters. The van der Waals surface area contributed by atoms with Gasteiger partial charge in [-0.3, -0.25) is 0 Å². The van der Waals surface area contributed by atoms with Gasteiger partial charge in [0.05, 0.1) is 12.3 Å². The number of hydrogen-bond donors (Lipinski definition) is 0. The molecule has 2 heterocycles. The van der Waals surface area contributed by atoms with Gasteiger partial charge in [-0.25, -0.2) is 4.79 Å². The fourth-order valence-corrected chi connectivity index (χ4v) is 3.50. The molecule has 1 aromatic heterocycles. The normalized spacial score (nSPS) is 14.9. The molecule has 132 valence electrons. The van der Waals surface area contributed by atoms with Gasteiger partial charge in [-0.2, -0.15) is 0 Å². The molecule has 26 heavy (non-hydrogen) atoms. The highest BCUT2D eigenvalue weighted by atomic mass is 16.5. The Labute approximate surface area is 153 Å². The monoisotopic (exact) mass is 347 g/mol. The molecule has 0 radical (unpaired) electrons. The van der Waals surface area contributed by atoms with E-state index in [1.807, 2.05) is 62.4 Å². The zero-order chi connectivity index (χ0) is 18.1. The average Bonchev–Trinajstić information content (AvgIpc) is 3.03. The molecule has 2 aromatic carbocycles. The highest BCUT2D eigenvalue weighted by Crippen LogP contribution is 2.44. The van der Waals surface area contributed by atoms with Crippen LogP contribution < -0.4 is 4.74 Å². The Balaban J connectivity index is 1.91. The van der Waals surface area contributed by atoms with E-state index >= 15 is 0 Å². The summed E-state index contributed by atoms with van der Waals surface area (Å²) in [6, 6.07) is 20.0. The zero-order valence-electron chi connectivity index (χ0n) is 14.9. The molecule has 4 rings (SSSR count). The van der Waals surface area contributed by atoms with Crippen molar-refractivity contribution >= 4 is 5.97 Å². The molecule has 0 spiro atoms. The predicted molar refractivity (Wildman–Crippen MR) is 100 cm³/mol. The van der Waals surface area contributed by atoms with Gasteiger partial charge in [-0.15, -0.1) is 0 Å². The smallest absolute Gasteiger partial charge is 0.354 e. The van der Waals surface area contributed by atoms with E-state index in [-0.39, 0.29) is 12.1 Å². The molecular weight excluding hydrogens is 326 g/mol. The van der Waals surface area contributed by atoms with Crippen molar-refractivity contribution in [1.29, 1.82) is 0 Å². The van der Waals surface area contributed by atoms with Crippen LogP contribution in [0, 0.1) is 0 Å². The van der Waals surface area contributed by atoms with Crippen LogP contribution in [0.15, 0.2) is 60.7 Å². The number of carbonyl (C=O) groups is 1. The van der Waals surface area contributed by atoms with Crippen LogP contribution >= 0.6 is 0 Å². The number of fused-ring (bicyclic) bond motifs is 3. The molecule has 4 heteroatoms. The second-order valence-corrected chi connectivity index (χ2v) is 6.38. The molecule has 1 aliphatic rings. The third-order valence-corrected chi connectivity index (χ3v) is 4.68. The van der Waals surface area contributed by atoms with Gasteiger partial charge in [0, 0.05) is 17.7 Å². The number of esters is 1. The van der Waals surface area contributed by atoms with Gasteiger partial charge >= 0.3 is 5.97 Å². The zero-order valence-corrected chi connectivity index (χ0v) is 14.9. The molecular formula is C22H21NO3. The molecule has 1 atom stereocenters. The van der Waals surface area contributed by atoms with Crippen LogP contribution in [0.5, 0.6) is 5.75 Å². The number of ether oxygens (including phenoxy) is 2. The summed E-state index contributed by atoms with van der Waals surface area (Å²) in [7, 11) is 0. The Hall–Kier alpha value is -3.01. The van der Waals surface area contributed by atoms with Gasteiger partial charge < -0.3 is 14.0 Å². The lowest BCUT2D eigenvalue weighted by Crippen LogP contribution is -2.15. The van der Waals surface area contributed by atoms with Crippen LogP contribution in [0.3, 0.4) is 0 Å². The van der Waals surface area contributed by atoms with Crippen molar-refractivity contribution < 1.29 is 14.3 Å². The number of carbonyl (C=O) groups excluding carboxylic acids is 1. The molecule has 3 aromatic rings. The Morgan fingerprint density at radius 1 is 1.12 bits per heavy atom. The summed E-state index contributed by atoms with van der Waals surface area (Å²) in [5.74, 6) is 0.540. The van der Waals surface area contributed by atoms with E-state index in [9.17, 15) is 4.79 Å². The summed E-state index contributed by atoms with van der Waals surface area (Å²) in [6.45, 7) is 4.79. The highest BCUT2D eigenvalue weighted by Gasteiger charge is 2.30. The van der Waals surface area contributed by atoms with Gasteiger partial charge in [0.2, 0.25) is 0 Å². The highest BCUT2D eigenvalue weighted by molar-refractivity contribution is 5.91. The molecule has 1 aliphatic heterocycles. The van der Waals surface area contributed by atoms with Crippen LogP contribution in [0.2, 0.25) is 0 Å². The van der Waals surface area contributed by atoms with Gasteiger partial charge in [-0.05, 0) is 37.6 Å². The first kappa shape index (κ1) is 16.5. The van der Waals surface area contributed by atoms with Crippen molar-refractivity contribution in [1.82, 2.24) is 4.57 Å². The maximum absolute atomic E-state index is 12.6. The largest absolute Gasteiger partial charge is 0.485 e. The molecule has 0 N–H and O–H groups in total. The lowest BCUT2D eigenvalue weighted by molar-refractivity contribution is 0.0514. The maximum Gasteiger partial charge on any atom is 0.354 e. The van der Waals surface area contributed by atoms with E-state index < -0.39 is 0 Å². The van der Waals surface area contributed by atoms with E-state index in [1.165, 1.54) is 0 Å². The van der Waals surface area contributed by atoms with Crippen molar-refractivity contribution in [2.24, 2.45) is 0 Å². The van der Waals surface area contributed by atoms with E-state index in [0.717, 1.165) is 28.1 Å². The molecule has 0 amide bonds. The topological polar surface area (TPSA) is 40.5 Å². The number of para-hydroxylation sites is 1. The standard InChI is InChI=1S/C22H21NO3/c1-3-25-22(24)19-13-18-15(2)26-20-12-8-7-11-17(20)21(18)23(19)14-16-9-5-4-6-10-16/h4-13,15H,3,14H2,1-2H3. The van der Waals surface area contributed by atoms with Crippen LogP contribution in [0.4, 0.5) is 0 Å². The molecule has 4 nitrogen and oxygen atoms in total. The van der Waals surface area contributed by atoms with Crippen molar-refractivity contribution in [2.75, 3.05) is 6.61 Å². The minimum Gasteiger partial charge on any atom is -0.485 e. The van der Waals surface area contributed by atoms with Gasteiger partial charge in [0.1, 0.15) is 17.5 Å². The Morgan fingerprint density at radius 2 is 1.85 bits per heavy atom. The minimum atomic E-state index is -0.303. The van der Waals surface area contributed by atoms with E-state index in [0.29, 0.717) is 18.8 Å². The molecule has 0 saturated carbocycles. The van der Waals surface area contributed by atoms with Crippen LogP contribution in [0.1, 0.15) is 41.6 Å².